The fraction of sp³-hybridized carbons (Fsp3) is 0.611. The first kappa shape index (κ1) is 19.8. The summed E-state index contributed by atoms with van der Waals surface area (Å²) in [4.78, 5) is 14.4. The Morgan fingerprint density at radius 1 is 1.35 bits per heavy atom. The van der Waals surface area contributed by atoms with Crippen LogP contribution in [0.15, 0.2) is 24.3 Å². The van der Waals surface area contributed by atoms with E-state index in [4.69, 9.17) is 10.5 Å². The molecule has 2 N–H and O–H groups in total. The molecule has 0 radical (unpaired) electrons. The van der Waals surface area contributed by atoms with Gasteiger partial charge in [-0.1, -0.05) is 26.0 Å². The summed E-state index contributed by atoms with van der Waals surface area (Å²) in [6.07, 6.45) is 3.19. The van der Waals surface area contributed by atoms with Gasteiger partial charge in [0.25, 0.3) is 5.91 Å². The van der Waals surface area contributed by atoms with E-state index in [9.17, 15) is 4.79 Å². The Bertz CT molecular complexity index is 506. The molecule has 1 heterocycles. The molecule has 1 aliphatic heterocycles. The second-order valence-electron chi connectivity index (χ2n) is 6.53. The first-order valence-electron chi connectivity index (χ1n) is 8.27. The van der Waals surface area contributed by atoms with Gasteiger partial charge >= 0.3 is 0 Å². The SMILES string of the molecule is CC(C)c1cccc(OCC(=O)N2CCCCC2C(C)N)c1.Cl. The molecule has 5 heteroatoms. The summed E-state index contributed by atoms with van der Waals surface area (Å²) in [5.41, 5.74) is 7.24. The van der Waals surface area contributed by atoms with E-state index in [1.54, 1.807) is 0 Å². The number of likely N-dealkylation sites (tertiary alicyclic amines) is 1. The molecule has 0 bridgehead atoms. The van der Waals surface area contributed by atoms with Crippen molar-refractivity contribution in [3.63, 3.8) is 0 Å². The third kappa shape index (κ3) is 5.40. The van der Waals surface area contributed by atoms with Crippen LogP contribution in [0.3, 0.4) is 0 Å². The molecular weight excluding hydrogens is 312 g/mol. The highest BCUT2D eigenvalue weighted by Crippen LogP contribution is 2.22. The monoisotopic (exact) mass is 340 g/mol. The molecule has 0 aromatic heterocycles. The second kappa shape index (κ2) is 9.14. The van der Waals surface area contributed by atoms with Crippen LogP contribution in [-0.4, -0.2) is 36.0 Å². The van der Waals surface area contributed by atoms with E-state index in [0.717, 1.165) is 31.6 Å². The first-order chi connectivity index (χ1) is 10.5. The number of carbonyl (C=O) groups excluding carboxylic acids is 1. The van der Waals surface area contributed by atoms with Crippen LogP contribution in [0.4, 0.5) is 0 Å². The van der Waals surface area contributed by atoms with Crippen molar-refractivity contribution >= 4 is 18.3 Å². The van der Waals surface area contributed by atoms with E-state index in [-0.39, 0.29) is 37.0 Å². The molecule has 1 fully saturated rings. The molecule has 1 saturated heterocycles. The molecule has 2 atom stereocenters. The summed E-state index contributed by atoms with van der Waals surface area (Å²) in [5, 5.41) is 0. The number of carbonyl (C=O) groups is 1. The molecule has 0 spiro atoms. The molecule has 0 saturated carbocycles. The predicted octanol–water partition coefficient (Wildman–Crippen LogP) is 3.34. The number of benzene rings is 1. The van der Waals surface area contributed by atoms with Crippen LogP contribution in [-0.2, 0) is 4.79 Å². The Labute approximate surface area is 145 Å². The number of halogens is 1. The average molecular weight is 341 g/mol. The zero-order valence-corrected chi connectivity index (χ0v) is 15.1. The number of hydrogen-bond acceptors (Lipinski definition) is 3. The smallest absolute Gasteiger partial charge is 0.260 e. The van der Waals surface area contributed by atoms with Crippen LogP contribution < -0.4 is 10.5 Å². The maximum absolute atomic E-state index is 12.5. The number of hydrogen-bond donors (Lipinski definition) is 1. The second-order valence-corrected chi connectivity index (χ2v) is 6.53. The highest BCUT2D eigenvalue weighted by atomic mass is 35.5. The summed E-state index contributed by atoms with van der Waals surface area (Å²) >= 11 is 0. The van der Waals surface area contributed by atoms with Crippen molar-refractivity contribution in [2.24, 2.45) is 5.73 Å². The van der Waals surface area contributed by atoms with Gasteiger partial charge in [0.15, 0.2) is 6.61 Å². The van der Waals surface area contributed by atoms with Crippen molar-refractivity contribution in [2.75, 3.05) is 13.2 Å². The largest absolute Gasteiger partial charge is 0.484 e. The molecule has 0 aliphatic carbocycles. The number of piperidine rings is 1. The summed E-state index contributed by atoms with van der Waals surface area (Å²) in [5.74, 6) is 1.25. The zero-order valence-electron chi connectivity index (χ0n) is 14.3. The standard InChI is InChI=1S/C18H28N2O2.ClH/c1-13(2)15-7-6-8-16(11-15)22-12-18(21)20-10-5-4-9-17(20)14(3)19;/h6-8,11,13-14,17H,4-5,9-10,12,19H2,1-3H3;1H. The highest BCUT2D eigenvalue weighted by Gasteiger charge is 2.29. The Hall–Kier alpha value is -1.26. The number of rotatable bonds is 5. The first-order valence-corrected chi connectivity index (χ1v) is 8.27. The van der Waals surface area contributed by atoms with Crippen molar-refractivity contribution in [2.45, 2.75) is 58.0 Å². The van der Waals surface area contributed by atoms with Crippen LogP contribution in [0.2, 0.25) is 0 Å². The van der Waals surface area contributed by atoms with Crippen LogP contribution in [0.1, 0.15) is 51.5 Å². The van der Waals surface area contributed by atoms with Gasteiger partial charge in [0, 0.05) is 18.6 Å². The molecule has 1 aliphatic rings. The minimum absolute atomic E-state index is 0. The lowest BCUT2D eigenvalue weighted by molar-refractivity contribution is -0.137. The Kier molecular flexibility index (Phi) is 7.86. The van der Waals surface area contributed by atoms with Crippen molar-refractivity contribution in [1.29, 1.82) is 0 Å². The van der Waals surface area contributed by atoms with Crippen molar-refractivity contribution in [3.05, 3.63) is 29.8 Å². The Morgan fingerprint density at radius 2 is 2.09 bits per heavy atom. The summed E-state index contributed by atoms with van der Waals surface area (Å²) < 4.78 is 5.71. The molecule has 23 heavy (non-hydrogen) atoms. The molecular formula is C18H29ClN2O2. The van der Waals surface area contributed by atoms with E-state index in [1.807, 2.05) is 30.0 Å². The molecule has 4 nitrogen and oxygen atoms in total. The molecule has 2 unspecified atom stereocenters. The van der Waals surface area contributed by atoms with E-state index >= 15 is 0 Å². The number of nitrogens with two attached hydrogens (primary N) is 1. The van der Waals surface area contributed by atoms with E-state index in [2.05, 4.69) is 19.9 Å². The quantitative estimate of drug-likeness (QED) is 0.894. The van der Waals surface area contributed by atoms with Gasteiger partial charge in [-0.2, -0.15) is 0 Å². The number of amides is 1. The topological polar surface area (TPSA) is 55.6 Å². The zero-order chi connectivity index (χ0) is 16.1. The van der Waals surface area contributed by atoms with Crippen LogP contribution in [0.5, 0.6) is 5.75 Å². The predicted molar refractivity (Wildman–Crippen MR) is 96.3 cm³/mol. The minimum atomic E-state index is 0. The summed E-state index contributed by atoms with van der Waals surface area (Å²) in [7, 11) is 0. The number of nitrogens with zero attached hydrogens (tertiary/aromatic N) is 1. The molecule has 130 valence electrons. The van der Waals surface area contributed by atoms with Gasteiger partial charge in [-0.05, 0) is 49.8 Å². The summed E-state index contributed by atoms with van der Waals surface area (Å²) in [6, 6.07) is 8.12. The fourth-order valence-electron chi connectivity index (χ4n) is 3.01. The average Bonchev–Trinajstić information content (AvgIpc) is 2.52. The van der Waals surface area contributed by atoms with Gasteiger partial charge in [0.1, 0.15) is 5.75 Å². The van der Waals surface area contributed by atoms with E-state index in [0.29, 0.717) is 5.92 Å². The van der Waals surface area contributed by atoms with E-state index < -0.39 is 0 Å². The van der Waals surface area contributed by atoms with Gasteiger partial charge < -0.3 is 15.4 Å². The lowest BCUT2D eigenvalue weighted by atomic mass is 9.97. The van der Waals surface area contributed by atoms with Crippen molar-refractivity contribution < 1.29 is 9.53 Å². The van der Waals surface area contributed by atoms with Gasteiger partial charge in [0.05, 0.1) is 0 Å². The number of ether oxygens (including phenoxy) is 1. The fourth-order valence-corrected chi connectivity index (χ4v) is 3.01. The van der Waals surface area contributed by atoms with Gasteiger partial charge in [-0.25, -0.2) is 0 Å². The Balaban J connectivity index is 0.00000264. The molecule has 1 aromatic rings. The van der Waals surface area contributed by atoms with Gasteiger partial charge in [-0.15, -0.1) is 12.4 Å². The Morgan fingerprint density at radius 3 is 2.74 bits per heavy atom. The van der Waals surface area contributed by atoms with Crippen molar-refractivity contribution in [1.82, 2.24) is 4.90 Å². The van der Waals surface area contributed by atoms with Crippen LogP contribution in [0.25, 0.3) is 0 Å². The van der Waals surface area contributed by atoms with Crippen LogP contribution >= 0.6 is 12.4 Å². The normalized spacial score (nSPS) is 19.2. The van der Waals surface area contributed by atoms with Crippen molar-refractivity contribution in [3.8, 4) is 5.75 Å². The summed E-state index contributed by atoms with van der Waals surface area (Å²) in [6.45, 7) is 7.14. The highest BCUT2D eigenvalue weighted by molar-refractivity contribution is 5.85. The van der Waals surface area contributed by atoms with Crippen LogP contribution in [0, 0.1) is 0 Å². The van der Waals surface area contributed by atoms with E-state index in [1.165, 1.54) is 5.56 Å². The molecule has 2 rings (SSSR count). The third-order valence-electron chi connectivity index (χ3n) is 4.36. The lowest BCUT2D eigenvalue weighted by Crippen LogP contribution is -2.52. The minimum Gasteiger partial charge on any atom is -0.484 e. The third-order valence-corrected chi connectivity index (χ3v) is 4.36. The van der Waals surface area contributed by atoms with Gasteiger partial charge in [-0.3, -0.25) is 4.79 Å². The van der Waals surface area contributed by atoms with Gasteiger partial charge in [0.2, 0.25) is 0 Å². The molecule has 1 aromatic carbocycles. The maximum Gasteiger partial charge on any atom is 0.260 e. The molecule has 1 amide bonds. The maximum atomic E-state index is 12.5. The lowest BCUT2D eigenvalue weighted by Gasteiger charge is -2.38.